The Morgan fingerprint density at radius 3 is 2.32 bits per heavy atom. The maximum atomic E-state index is 5.69. The summed E-state index contributed by atoms with van der Waals surface area (Å²) in [5.74, 6) is 0.880. The third-order valence-electron chi connectivity index (χ3n) is 2.66. The van der Waals surface area contributed by atoms with E-state index >= 15 is 0 Å². The van der Waals surface area contributed by atoms with Crippen LogP contribution in [0.4, 0.5) is 0 Å². The second-order valence-electron chi connectivity index (χ2n) is 4.21. The van der Waals surface area contributed by atoms with Gasteiger partial charge >= 0.3 is 0 Å². The third kappa shape index (κ3) is 2.15. The maximum absolute atomic E-state index is 5.69. The van der Waals surface area contributed by atoms with Gasteiger partial charge in [0.15, 0.2) is 5.69 Å². The second-order valence-corrected chi connectivity index (χ2v) is 5.38. The fraction of sp³-hybridized carbons (Fsp3) is 0.273. The summed E-state index contributed by atoms with van der Waals surface area (Å²) in [6.07, 6.45) is 3.76. The molecule has 0 atom stereocenters. The van der Waals surface area contributed by atoms with E-state index in [-0.39, 0.29) is 0 Å². The van der Waals surface area contributed by atoms with Crippen molar-refractivity contribution in [1.29, 1.82) is 0 Å². The summed E-state index contributed by atoms with van der Waals surface area (Å²) in [6.45, 7) is 1.91. The van der Waals surface area contributed by atoms with Crippen molar-refractivity contribution in [1.82, 2.24) is 29.8 Å². The Morgan fingerprint density at radius 2 is 1.74 bits per heavy atom. The number of hydrogen-bond donors (Lipinski definition) is 0. The molecule has 0 aliphatic heterocycles. The van der Waals surface area contributed by atoms with Crippen LogP contribution in [0, 0.1) is 10.5 Å². The van der Waals surface area contributed by atoms with E-state index in [0.29, 0.717) is 17.5 Å². The molecular formula is C11H11IN6O. The molecule has 0 saturated carbocycles. The Hall–Kier alpha value is -1.71. The third-order valence-corrected chi connectivity index (χ3v) is 3.45. The molecule has 8 heteroatoms. The van der Waals surface area contributed by atoms with Gasteiger partial charge in [-0.25, -0.2) is 0 Å². The van der Waals surface area contributed by atoms with E-state index < -0.39 is 0 Å². The zero-order chi connectivity index (χ0) is 13.6. The summed E-state index contributed by atoms with van der Waals surface area (Å²) in [6, 6.07) is 0. The van der Waals surface area contributed by atoms with Gasteiger partial charge in [-0.05, 0) is 29.5 Å². The van der Waals surface area contributed by atoms with Gasteiger partial charge in [-0.3, -0.25) is 9.36 Å². The highest BCUT2D eigenvalue weighted by molar-refractivity contribution is 14.1. The molecule has 7 nitrogen and oxygen atoms in total. The summed E-state index contributed by atoms with van der Waals surface area (Å²) in [5.41, 5.74) is 2.39. The maximum Gasteiger partial charge on any atom is 0.269 e. The standard InChI is InChI=1S/C11H11IN6O/c1-6-7(4-17(2)15-6)10-13-14-11(19-10)9-8(12)5-18(3)16-9/h4-5H,1-3H3. The Bertz CT molecular complexity index is 680. The van der Waals surface area contributed by atoms with Crippen molar-refractivity contribution in [3.8, 4) is 23.0 Å². The minimum Gasteiger partial charge on any atom is -0.414 e. The minimum atomic E-state index is 0.420. The van der Waals surface area contributed by atoms with Crippen LogP contribution in [0.1, 0.15) is 5.69 Å². The smallest absolute Gasteiger partial charge is 0.269 e. The molecule has 0 saturated heterocycles. The molecule has 0 radical (unpaired) electrons. The lowest BCUT2D eigenvalue weighted by Gasteiger charge is -1.90. The molecule has 3 heterocycles. The van der Waals surface area contributed by atoms with Crippen molar-refractivity contribution in [2.24, 2.45) is 14.1 Å². The van der Waals surface area contributed by atoms with Crippen molar-refractivity contribution in [2.45, 2.75) is 6.92 Å². The van der Waals surface area contributed by atoms with Gasteiger partial charge in [0, 0.05) is 26.5 Å². The Kier molecular flexibility index (Phi) is 2.88. The largest absolute Gasteiger partial charge is 0.414 e. The number of hydrogen-bond acceptors (Lipinski definition) is 5. The van der Waals surface area contributed by atoms with Crippen LogP contribution in [-0.4, -0.2) is 29.8 Å². The SMILES string of the molecule is Cc1nn(C)cc1-c1nnc(-c2nn(C)cc2I)o1. The highest BCUT2D eigenvalue weighted by Crippen LogP contribution is 2.27. The van der Waals surface area contributed by atoms with Crippen LogP contribution < -0.4 is 0 Å². The monoisotopic (exact) mass is 370 g/mol. The fourth-order valence-corrected chi connectivity index (χ4v) is 2.58. The van der Waals surface area contributed by atoms with Crippen LogP contribution >= 0.6 is 22.6 Å². The lowest BCUT2D eigenvalue weighted by molar-refractivity contribution is 0.579. The van der Waals surface area contributed by atoms with Gasteiger partial charge in [0.1, 0.15) is 0 Å². The van der Waals surface area contributed by atoms with E-state index in [1.165, 1.54) is 0 Å². The first-order valence-corrected chi connectivity index (χ1v) is 6.66. The molecule has 0 aromatic carbocycles. The molecule has 3 aromatic heterocycles. The zero-order valence-corrected chi connectivity index (χ0v) is 12.8. The number of aryl methyl sites for hydroxylation is 3. The van der Waals surface area contributed by atoms with Gasteiger partial charge in [-0.15, -0.1) is 10.2 Å². The molecule has 98 valence electrons. The normalized spacial score (nSPS) is 11.2. The minimum absolute atomic E-state index is 0.420. The van der Waals surface area contributed by atoms with Gasteiger partial charge in [-0.2, -0.15) is 10.2 Å². The highest BCUT2D eigenvalue weighted by Gasteiger charge is 2.18. The zero-order valence-electron chi connectivity index (χ0n) is 10.6. The highest BCUT2D eigenvalue weighted by atomic mass is 127. The van der Waals surface area contributed by atoms with Gasteiger partial charge in [0.05, 0.1) is 14.8 Å². The number of halogens is 1. The molecule has 0 fully saturated rings. The average Bonchev–Trinajstić information content (AvgIpc) is 2.99. The number of aromatic nitrogens is 6. The molecule has 0 spiro atoms. The molecule has 0 N–H and O–H groups in total. The average molecular weight is 370 g/mol. The molecule has 0 unspecified atom stereocenters. The van der Waals surface area contributed by atoms with Crippen molar-refractivity contribution in [3.05, 3.63) is 21.7 Å². The van der Waals surface area contributed by atoms with Crippen LogP contribution in [0.5, 0.6) is 0 Å². The lowest BCUT2D eigenvalue weighted by Crippen LogP contribution is -1.87. The summed E-state index contributed by atoms with van der Waals surface area (Å²) < 4.78 is 10.1. The molecule has 0 amide bonds. The fourth-order valence-electron chi connectivity index (χ4n) is 1.84. The summed E-state index contributed by atoms with van der Waals surface area (Å²) in [4.78, 5) is 0. The first-order chi connectivity index (χ1) is 9.04. The molecule has 3 aromatic rings. The molecular weight excluding hydrogens is 359 g/mol. The Labute approximate surface area is 122 Å². The van der Waals surface area contributed by atoms with E-state index in [2.05, 4.69) is 43.0 Å². The van der Waals surface area contributed by atoms with Crippen LogP contribution in [0.15, 0.2) is 16.8 Å². The molecule has 0 bridgehead atoms. The number of nitrogens with zero attached hydrogens (tertiary/aromatic N) is 6. The molecule has 0 aliphatic rings. The molecule has 3 rings (SSSR count). The van der Waals surface area contributed by atoms with Gasteiger partial charge in [-0.1, -0.05) is 0 Å². The van der Waals surface area contributed by atoms with E-state index in [1.54, 1.807) is 9.36 Å². The summed E-state index contributed by atoms with van der Waals surface area (Å²) >= 11 is 2.19. The van der Waals surface area contributed by atoms with Crippen molar-refractivity contribution in [2.75, 3.05) is 0 Å². The van der Waals surface area contributed by atoms with E-state index in [9.17, 15) is 0 Å². The van der Waals surface area contributed by atoms with Crippen LogP contribution in [0.25, 0.3) is 23.0 Å². The van der Waals surface area contributed by atoms with Crippen LogP contribution in [0.2, 0.25) is 0 Å². The lowest BCUT2D eigenvalue weighted by atomic mass is 10.3. The first kappa shape index (κ1) is 12.3. The van der Waals surface area contributed by atoms with Gasteiger partial charge in [0.2, 0.25) is 0 Å². The van der Waals surface area contributed by atoms with Crippen LogP contribution in [-0.2, 0) is 14.1 Å². The topological polar surface area (TPSA) is 74.6 Å². The quantitative estimate of drug-likeness (QED) is 0.643. The predicted molar refractivity (Wildman–Crippen MR) is 76.2 cm³/mol. The summed E-state index contributed by atoms with van der Waals surface area (Å²) in [5, 5.41) is 16.7. The number of rotatable bonds is 2. The van der Waals surface area contributed by atoms with Gasteiger partial charge < -0.3 is 4.42 Å². The Morgan fingerprint density at radius 1 is 1.05 bits per heavy atom. The summed E-state index contributed by atoms with van der Waals surface area (Å²) in [7, 11) is 3.71. The van der Waals surface area contributed by atoms with Crippen molar-refractivity contribution < 1.29 is 4.42 Å². The Balaban J connectivity index is 2.04. The molecule has 0 aliphatic carbocycles. The van der Waals surface area contributed by atoms with Crippen LogP contribution in [0.3, 0.4) is 0 Å². The molecule has 19 heavy (non-hydrogen) atoms. The van der Waals surface area contributed by atoms with E-state index in [4.69, 9.17) is 4.42 Å². The first-order valence-electron chi connectivity index (χ1n) is 5.58. The van der Waals surface area contributed by atoms with Crippen molar-refractivity contribution >= 4 is 22.6 Å². The van der Waals surface area contributed by atoms with E-state index in [1.807, 2.05) is 33.4 Å². The van der Waals surface area contributed by atoms with Crippen molar-refractivity contribution in [3.63, 3.8) is 0 Å². The predicted octanol–water partition coefficient (Wildman–Crippen LogP) is 1.78. The van der Waals surface area contributed by atoms with Gasteiger partial charge in [0.25, 0.3) is 11.8 Å². The van der Waals surface area contributed by atoms with E-state index in [0.717, 1.165) is 14.8 Å². The second kappa shape index (κ2) is 4.44.